The highest BCUT2D eigenvalue weighted by atomic mass is 35.5. The summed E-state index contributed by atoms with van der Waals surface area (Å²) in [5, 5.41) is 17.1. The molecule has 0 aliphatic carbocycles. The van der Waals surface area contributed by atoms with Crippen molar-refractivity contribution in [3.8, 4) is 0 Å². The van der Waals surface area contributed by atoms with Crippen LogP contribution in [-0.4, -0.2) is 30.5 Å². The molecule has 1 heterocycles. The Balaban J connectivity index is 1.96. The van der Waals surface area contributed by atoms with E-state index in [1.165, 1.54) is 18.2 Å². The van der Waals surface area contributed by atoms with Gasteiger partial charge in [0.15, 0.2) is 0 Å². The van der Waals surface area contributed by atoms with E-state index < -0.39 is 10.8 Å². The fraction of sp³-hybridized carbons (Fsp3) is 0.462. The summed E-state index contributed by atoms with van der Waals surface area (Å²) in [6.07, 6.45) is 1.98. The fourth-order valence-electron chi connectivity index (χ4n) is 2.29. The molecule has 6 nitrogen and oxygen atoms in total. The van der Waals surface area contributed by atoms with Crippen LogP contribution in [0.5, 0.6) is 0 Å². The van der Waals surface area contributed by atoms with Crippen molar-refractivity contribution in [2.24, 2.45) is 5.92 Å². The number of nitrogens with one attached hydrogen (secondary N) is 2. The Bertz CT molecular complexity index is 516. The predicted octanol–water partition coefficient (Wildman–Crippen LogP) is 1.98. The summed E-state index contributed by atoms with van der Waals surface area (Å²) in [5.74, 6) is 0.134. The van der Waals surface area contributed by atoms with E-state index in [0.29, 0.717) is 12.5 Å². The Morgan fingerprint density at radius 1 is 1.55 bits per heavy atom. The summed E-state index contributed by atoms with van der Waals surface area (Å²) < 4.78 is 0. The van der Waals surface area contributed by atoms with Crippen LogP contribution in [0.15, 0.2) is 18.2 Å². The van der Waals surface area contributed by atoms with Gasteiger partial charge in [0.2, 0.25) is 0 Å². The van der Waals surface area contributed by atoms with Crippen molar-refractivity contribution in [1.29, 1.82) is 0 Å². The maximum absolute atomic E-state index is 12.0. The molecule has 0 bridgehead atoms. The van der Waals surface area contributed by atoms with Crippen molar-refractivity contribution < 1.29 is 9.72 Å². The van der Waals surface area contributed by atoms with Crippen LogP contribution in [0.4, 0.5) is 5.69 Å². The lowest BCUT2D eigenvalue weighted by Crippen LogP contribution is -2.27. The molecular formula is C13H16ClN3O3. The van der Waals surface area contributed by atoms with Crippen LogP contribution in [0.3, 0.4) is 0 Å². The first-order valence-electron chi connectivity index (χ1n) is 6.51. The van der Waals surface area contributed by atoms with Gasteiger partial charge in [-0.1, -0.05) is 11.6 Å². The molecule has 2 N–H and O–H groups in total. The number of nitrogens with zero attached hydrogens (tertiary/aromatic N) is 1. The molecule has 2 rings (SSSR count). The van der Waals surface area contributed by atoms with Gasteiger partial charge in [-0.2, -0.15) is 0 Å². The Morgan fingerprint density at radius 3 is 3.00 bits per heavy atom. The summed E-state index contributed by atoms with van der Waals surface area (Å²) in [6, 6.07) is 4.05. The van der Waals surface area contributed by atoms with Crippen LogP contribution in [0.1, 0.15) is 23.2 Å². The predicted molar refractivity (Wildman–Crippen MR) is 76.0 cm³/mol. The number of hydrogen-bond donors (Lipinski definition) is 2. The third-order valence-corrected chi connectivity index (χ3v) is 3.64. The Hall–Kier alpha value is -1.66. The van der Waals surface area contributed by atoms with E-state index >= 15 is 0 Å². The molecule has 1 unspecified atom stereocenters. The third-order valence-electron chi connectivity index (χ3n) is 3.40. The van der Waals surface area contributed by atoms with Crippen molar-refractivity contribution in [3.05, 3.63) is 38.9 Å². The molecule has 0 spiro atoms. The van der Waals surface area contributed by atoms with Gasteiger partial charge in [-0.15, -0.1) is 0 Å². The normalized spacial score (nSPS) is 17.9. The average molecular weight is 298 g/mol. The number of hydrogen-bond acceptors (Lipinski definition) is 4. The summed E-state index contributed by atoms with van der Waals surface area (Å²) in [5.41, 5.74) is -0.221. The van der Waals surface area contributed by atoms with E-state index in [1.807, 2.05) is 0 Å². The largest absolute Gasteiger partial charge is 0.352 e. The van der Waals surface area contributed by atoms with E-state index in [-0.39, 0.29) is 16.3 Å². The summed E-state index contributed by atoms with van der Waals surface area (Å²) in [7, 11) is 0. The number of benzene rings is 1. The fourth-order valence-corrected chi connectivity index (χ4v) is 2.46. The standard InChI is InChI=1S/C13H16ClN3O3/c14-10-1-2-11(12(7-10)17(19)20)13(18)16-6-4-9-3-5-15-8-9/h1-2,7,9,15H,3-6,8H2,(H,16,18). The van der Waals surface area contributed by atoms with Gasteiger partial charge in [0.05, 0.1) is 4.92 Å². The molecule has 0 aromatic heterocycles. The number of nitro benzene ring substituents is 1. The van der Waals surface area contributed by atoms with E-state index in [2.05, 4.69) is 10.6 Å². The van der Waals surface area contributed by atoms with Gasteiger partial charge in [-0.05, 0) is 44.0 Å². The minimum atomic E-state index is -0.596. The highest BCUT2D eigenvalue weighted by Gasteiger charge is 2.21. The Labute approximate surface area is 121 Å². The smallest absolute Gasteiger partial charge is 0.283 e. The Morgan fingerprint density at radius 2 is 2.35 bits per heavy atom. The quantitative estimate of drug-likeness (QED) is 0.643. The van der Waals surface area contributed by atoms with Gasteiger partial charge in [-0.3, -0.25) is 14.9 Å². The minimum Gasteiger partial charge on any atom is -0.352 e. The van der Waals surface area contributed by atoms with Crippen LogP contribution in [-0.2, 0) is 0 Å². The number of carbonyl (C=O) groups excluding carboxylic acids is 1. The monoisotopic (exact) mass is 297 g/mol. The van der Waals surface area contributed by atoms with Crippen molar-refractivity contribution in [2.75, 3.05) is 19.6 Å². The molecule has 1 aliphatic rings. The van der Waals surface area contributed by atoms with Gasteiger partial charge in [0.1, 0.15) is 5.56 Å². The zero-order chi connectivity index (χ0) is 14.5. The summed E-state index contributed by atoms with van der Waals surface area (Å²) >= 11 is 5.71. The zero-order valence-corrected chi connectivity index (χ0v) is 11.7. The molecule has 7 heteroatoms. The van der Waals surface area contributed by atoms with Gasteiger partial charge in [0.25, 0.3) is 11.6 Å². The highest BCUT2D eigenvalue weighted by molar-refractivity contribution is 6.31. The molecule has 1 aromatic rings. The van der Waals surface area contributed by atoms with Gasteiger partial charge in [-0.25, -0.2) is 0 Å². The first-order valence-corrected chi connectivity index (χ1v) is 6.88. The van der Waals surface area contributed by atoms with E-state index in [4.69, 9.17) is 11.6 Å². The highest BCUT2D eigenvalue weighted by Crippen LogP contribution is 2.23. The lowest BCUT2D eigenvalue weighted by atomic mass is 10.1. The van der Waals surface area contributed by atoms with Crippen LogP contribution in [0.25, 0.3) is 0 Å². The SMILES string of the molecule is O=C(NCCC1CCNC1)c1ccc(Cl)cc1[N+](=O)[O-]. The van der Waals surface area contributed by atoms with Crippen molar-refractivity contribution in [1.82, 2.24) is 10.6 Å². The average Bonchev–Trinajstić information content (AvgIpc) is 2.91. The van der Waals surface area contributed by atoms with E-state index in [1.54, 1.807) is 0 Å². The third kappa shape index (κ3) is 3.68. The molecule has 1 atom stereocenters. The lowest BCUT2D eigenvalue weighted by molar-refractivity contribution is -0.385. The molecule has 108 valence electrons. The van der Waals surface area contributed by atoms with Crippen LogP contribution >= 0.6 is 11.6 Å². The first kappa shape index (κ1) is 14.7. The lowest BCUT2D eigenvalue weighted by Gasteiger charge is -2.09. The maximum Gasteiger partial charge on any atom is 0.283 e. The van der Waals surface area contributed by atoms with Crippen molar-refractivity contribution >= 4 is 23.2 Å². The van der Waals surface area contributed by atoms with Gasteiger partial charge in [0, 0.05) is 17.6 Å². The number of halogens is 1. The van der Waals surface area contributed by atoms with Crippen LogP contribution < -0.4 is 10.6 Å². The minimum absolute atomic E-state index is 0.0453. The topological polar surface area (TPSA) is 84.3 Å². The van der Waals surface area contributed by atoms with Gasteiger partial charge < -0.3 is 10.6 Å². The first-order chi connectivity index (χ1) is 9.58. The zero-order valence-electron chi connectivity index (χ0n) is 10.9. The summed E-state index contributed by atoms with van der Waals surface area (Å²) in [4.78, 5) is 22.3. The molecule has 20 heavy (non-hydrogen) atoms. The summed E-state index contributed by atoms with van der Waals surface area (Å²) in [6.45, 7) is 2.50. The second-order valence-corrected chi connectivity index (χ2v) is 5.26. The number of nitro groups is 1. The van der Waals surface area contributed by atoms with E-state index in [0.717, 1.165) is 25.9 Å². The molecule has 0 saturated carbocycles. The number of amides is 1. The second kappa shape index (κ2) is 6.67. The number of rotatable bonds is 5. The van der Waals surface area contributed by atoms with Crippen LogP contribution in [0, 0.1) is 16.0 Å². The van der Waals surface area contributed by atoms with E-state index in [9.17, 15) is 14.9 Å². The van der Waals surface area contributed by atoms with Crippen LogP contribution in [0.2, 0.25) is 5.02 Å². The molecule has 1 aromatic carbocycles. The molecule has 1 saturated heterocycles. The molecule has 1 aliphatic heterocycles. The Kier molecular flexibility index (Phi) is 4.92. The van der Waals surface area contributed by atoms with Gasteiger partial charge >= 0.3 is 0 Å². The molecule has 1 fully saturated rings. The molecular weight excluding hydrogens is 282 g/mol. The number of carbonyl (C=O) groups is 1. The molecule has 0 radical (unpaired) electrons. The second-order valence-electron chi connectivity index (χ2n) is 4.82. The van der Waals surface area contributed by atoms with Crippen molar-refractivity contribution in [2.45, 2.75) is 12.8 Å². The van der Waals surface area contributed by atoms with Crippen molar-refractivity contribution in [3.63, 3.8) is 0 Å². The maximum atomic E-state index is 12.0. The molecule has 1 amide bonds.